The molecule has 1 aromatic rings. The van der Waals surface area contributed by atoms with Crippen molar-refractivity contribution >= 4 is 0 Å². The first-order valence-electron chi connectivity index (χ1n) is 4.97. The molecule has 0 amide bonds. The Hall–Kier alpha value is -1.06. The number of para-hydroxylation sites is 1. The maximum atomic E-state index is 5.90. The fraction of sp³-hybridized carbons (Fsp3) is 0.455. The molecular formula is C11H16N2O. The number of hydrogen-bond donors (Lipinski definition) is 2. The van der Waals surface area contributed by atoms with Crippen molar-refractivity contribution in [1.82, 2.24) is 0 Å². The lowest BCUT2D eigenvalue weighted by Crippen LogP contribution is -2.42. The van der Waals surface area contributed by atoms with E-state index in [-0.39, 0.29) is 6.04 Å². The Morgan fingerprint density at radius 3 is 3.00 bits per heavy atom. The highest BCUT2D eigenvalue weighted by molar-refractivity contribution is 5.35. The van der Waals surface area contributed by atoms with Crippen LogP contribution in [0.1, 0.15) is 5.56 Å². The first kappa shape index (κ1) is 9.49. The van der Waals surface area contributed by atoms with Gasteiger partial charge in [0.05, 0.1) is 6.61 Å². The number of nitrogens with two attached hydrogens (primary N) is 2. The molecular weight excluding hydrogens is 176 g/mol. The van der Waals surface area contributed by atoms with Crippen molar-refractivity contribution < 1.29 is 4.74 Å². The molecule has 0 aromatic heterocycles. The molecule has 3 heteroatoms. The van der Waals surface area contributed by atoms with Crippen LogP contribution in [0.3, 0.4) is 0 Å². The van der Waals surface area contributed by atoms with E-state index in [2.05, 4.69) is 6.07 Å². The van der Waals surface area contributed by atoms with Gasteiger partial charge >= 0.3 is 0 Å². The van der Waals surface area contributed by atoms with E-state index in [0.29, 0.717) is 19.1 Å². The summed E-state index contributed by atoms with van der Waals surface area (Å²) < 4.78 is 5.62. The van der Waals surface area contributed by atoms with E-state index < -0.39 is 0 Å². The van der Waals surface area contributed by atoms with E-state index in [4.69, 9.17) is 16.2 Å². The van der Waals surface area contributed by atoms with E-state index in [1.807, 2.05) is 18.2 Å². The van der Waals surface area contributed by atoms with Gasteiger partial charge in [0.2, 0.25) is 0 Å². The van der Waals surface area contributed by atoms with Crippen LogP contribution in [0.15, 0.2) is 24.3 Å². The fourth-order valence-electron chi connectivity index (χ4n) is 1.82. The minimum absolute atomic E-state index is 0.0448. The fourth-order valence-corrected chi connectivity index (χ4v) is 1.82. The third-order valence-electron chi connectivity index (χ3n) is 2.79. The second-order valence-corrected chi connectivity index (χ2v) is 3.78. The molecule has 14 heavy (non-hydrogen) atoms. The summed E-state index contributed by atoms with van der Waals surface area (Å²) in [6, 6.07) is 8.15. The zero-order valence-electron chi connectivity index (χ0n) is 8.15. The van der Waals surface area contributed by atoms with Crippen LogP contribution in [0.25, 0.3) is 0 Å². The summed E-state index contributed by atoms with van der Waals surface area (Å²) in [6.07, 6.45) is 0.981. The lowest BCUT2D eigenvalue weighted by molar-refractivity contribution is 0.201. The van der Waals surface area contributed by atoms with E-state index >= 15 is 0 Å². The third-order valence-corrected chi connectivity index (χ3v) is 2.79. The van der Waals surface area contributed by atoms with Crippen molar-refractivity contribution in [2.75, 3.05) is 13.2 Å². The van der Waals surface area contributed by atoms with Gasteiger partial charge in [0.15, 0.2) is 0 Å². The standard InChI is InChI=1S/C11H16N2O/c12-6-10(13)9-5-8-3-1-2-4-11(8)14-7-9/h1-4,9-10H,5-7,12-13H2. The quantitative estimate of drug-likeness (QED) is 0.718. The van der Waals surface area contributed by atoms with Gasteiger partial charge in [-0.2, -0.15) is 0 Å². The Kier molecular flexibility index (Phi) is 2.70. The van der Waals surface area contributed by atoms with Crippen molar-refractivity contribution in [1.29, 1.82) is 0 Å². The van der Waals surface area contributed by atoms with Gasteiger partial charge in [-0.1, -0.05) is 18.2 Å². The molecule has 1 aliphatic rings. The summed E-state index contributed by atoms with van der Waals surface area (Å²) >= 11 is 0. The lowest BCUT2D eigenvalue weighted by atomic mass is 9.91. The highest BCUT2D eigenvalue weighted by Gasteiger charge is 2.23. The molecule has 1 heterocycles. The average molecular weight is 192 g/mol. The zero-order valence-corrected chi connectivity index (χ0v) is 8.15. The number of hydrogen-bond acceptors (Lipinski definition) is 3. The van der Waals surface area contributed by atoms with Crippen LogP contribution in [0.4, 0.5) is 0 Å². The summed E-state index contributed by atoms with van der Waals surface area (Å²) in [5.74, 6) is 1.35. The Balaban J connectivity index is 2.13. The normalized spacial score (nSPS) is 22.3. The molecule has 0 radical (unpaired) electrons. The van der Waals surface area contributed by atoms with Crippen molar-refractivity contribution in [3.05, 3.63) is 29.8 Å². The molecule has 1 aliphatic heterocycles. The average Bonchev–Trinajstić information content (AvgIpc) is 2.27. The largest absolute Gasteiger partial charge is 0.493 e. The Bertz CT molecular complexity index is 314. The monoisotopic (exact) mass is 192 g/mol. The lowest BCUT2D eigenvalue weighted by Gasteiger charge is -2.28. The molecule has 2 unspecified atom stereocenters. The molecule has 0 spiro atoms. The first-order valence-corrected chi connectivity index (χ1v) is 4.97. The summed E-state index contributed by atoms with van der Waals surface area (Å²) in [5.41, 5.74) is 12.7. The van der Waals surface area contributed by atoms with Gasteiger partial charge in [0, 0.05) is 18.5 Å². The molecule has 0 bridgehead atoms. The minimum Gasteiger partial charge on any atom is -0.493 e. The summed E-state index contributed by atoms with van der Waals surface area (Å²) in [6.45, 7) is 1.21. The Morgan fingerprint density at radius 2 is 2.21 bits per heavy atom. The second-order valence-electron chi connectivity index (χ2n) is 3.78. The minimum atomic E-state index is 0.0448. The van der Waals surface area contributed by atoms with E-state index in [1.165, 1.54) is 5.56 Å². The maximum Gasteiger partial charge on any atom is 0.122 e. The molecule has 4 N–H and O–H groups in total. The number of ether oxygens (including phenoxy) is 1. The van der Waals surface area contributed by atoms with Crippen molar-refractivity contribution in [2.45, 2.75) is 12.5 Å². The molecule has 0 aliphatic carbocycles. The Labute approximate surface area is 84.0 Å². The number of rotatable bonds is 2. The molecule has 0 saturated carbocycles. The van der Waals surface area contributed by atoms with Gasteiger partial charge in [0.25, 0.3) is 0 Å². The maximum absolute atomic E-state index is 5.90. The van der Waals surface area contributed by atoms with Crippen LogP contribution in [-0.2, 0) is 6.42 Å². The molecule has 2 rings (SSSR count). The first-order chi connectivity index (χ1) is 6.81. The highest BCUT2D eigenvalue weighted by Crippen LogP contribution is 2.27. The Morgan fingerprint density at radius 1 is 1.43 bits per heavy atom. The van der Waals surface area contributed by atoms with Crippen LogP contribution in [0, 0.1) is 5.92 Å². The summed E-state index contributed by atoms with van der Waals surface area (Å²) in [5, 5.41) is 0. The van der Waals surface area contributed by atoms with Crippen LogP contribution < -0.4 is 16.2 Å². The van der Waals surface area contributed by atoms with Gasteiger partial charge in [0.1, 0.15) is 5.75 Å². The van der Waals surface area contributed by atoms with Crippen LogP contribution >= 0.6 is 0 Å². The molecule has 1 aromatic carbocycles. The number of benzene rings is 1. The topological polar surface area (TPSA) is 61.3 Å². The van der Waals surface area contributed by atoms with E-state index in [9.17, 15) is 0 Å². The number of fused-ring (bicyclic) bond motifs is 1. The zero-order chi connectivity index (χ0) is 9.97. The van der Waals surface area contributed by atoms with Crippen LogP contribution in [0.5, 0.6) is 5.75 Å². The van der Waals surface area contributed by atoms with Gasteiger partial charge in [-0.15, -0.1) is 0 Å². The predicted octanol–water partition coefficient (Wildman–Crippen LogP) is 0.524. The van der Waals surface area contributed by atoms with Gasteiger partial charge in [-0.25, -0.2) is 0 Å². The van der Waals surface area contributed by atoms with Crippen molar-refractivity contribution in [3.8, 4) is 5.75 Å². The van der Waals surface area contributed by atoms with E-state index in [1.54, 1.807) is 0 Å². The summed E-state index contributed by atoms with van der Waals surface area (Å²) in [4.78, 5) is 0. The molecule has 3 nitrogen and oxygen atoms in total. The molecule has 0 fully saturated rings. The van der Waals surface area contributed by atoms with Crippen molar-refractivity contribution in [2.24, 2.45) is 17.4 Å². The van der Waals surface area contributed by atoms with Gasteiger partial charge in [-0.3, -0.25) is 0 Å². The van der Waals surface area contributed by atoms with Gasteiger partial charge < -0.3 is 16.2 Å². The van der Waals surface area contributed by atoms with Crippen LogP contribution in [0.2, 0.25) is 0 Å². The summed E-state index contributed by atoms with van der Waals surface area (Å²) in [7, 11) is 0. The smallest absolute Gasteiger partial charge is 0.122 e. The predicted molar refractivity (Wildman–Crippen MR) is 56.2 cm³/mol. The second kappa shape index (κ2) is 3.98. The molecule has 76 valence electrons. The molecule has 0 saturated heterocycles. The van der Waals surface area contributed by atoms with E-state index in [0.717, 1.165) is 12.2 Å². The third kappa shape index (κ3) is 1.74. The van der Waals surface area contributed by atoms with Crippen molar-refractivity contribution in [3.63, 3.8) is 0 Å². The molecule has 2 atom stereocenters. The van der Waals surface area contributed by atoms with Gasteiger partial charge in [-0.05, 0) is 18.1 Å². The highest BCUT2D eigenvalue weighted by atomic mass is 16.5. The van der Waals surface area contributed by atoms with Crippen LogP contribution in [-0.4, -0.2) is 19.2 Å². The SMILES string of the molecule is NCC(N)C1COc2ccccc2C1.